The van der Waals surface area contributed by atoms with Gasteiger partial charge in [-0.15, -0.1) is 0 Å². The molecule has 138 valence electrons. The normalized spacial score (nSPS) is 28.8. The van der Waals surface area contributed by atoms with Crippen molar-refractivity contribution in [2.24, 2.45) is 11.8 Å². The van der Waals surface area contributed by atoms with Gasteiger partial charge in [0.1, 0.15) is 0 Å². The zero-order valence-corrected chi connectivity index (χ0v) is 13.9. The highest BCUT2D eigenvalue weighted by atomic mass is 19.3. The number of allylic oxidation sites excluding steroid dienone is 2. The Morgan fingerprint density at radius 1 is 1.12 bits per heavy atom. The number of ether oxygens (including phenoxy) is 1. The molecule has 0 aromatic carbocycles. The number of alkyl halides is 5. The van der Waals surface area contributed by atoms with Gasteiger partial charge in [-0.25, -0.2) is 4.39 Å². The molecule has 0 spiro atoms. The summed E-state index contributed by atoms with van der Waals surface area (Å²) in [6.07, 6.45) is 5.94. The molecule has 0 heterocycles. The van der Waals surface area contributed by atoms with Crippen LogP contribution in [0.2, 0.25) is 0 Å². The van der Waals surface area contributed by atoms with Gasteiger partial charge >= 0.3 is 12.0 Å². The fourth-order valence-electron chi connectivity index (χ4n) is 3.55. The quantitative estimate of drug-likeness (QED) is 0.506. The Labute approximate surface area is 139 Å². The van der Waals surface area contributed by atoms with Crippen LogP contribution in [0.25, 0.3) is 0 Å². The zero-order valence-electron chi connectivity index (χ0n) is 13.9. The first kappa shape index (κ1) is 19.4. The van der Waals surface area contributed by atoms with Crippen LogP contribution in [0.15, 0.2) is 23.8 Å². The Hall–Kier alpha value is -0.910. The highest BCUT2D eigenvalue weighted by Crippen LogP contribution is 2.40. The largest absolute Gasteiger partial charge is 0.422 e. The Bertz CT molecular complexity index is 464. The molecular weight excluding hydrogens is 327 g/mol. The Kier molecular flexibility index (Phi) is 6.46. The molecule has 0 N–H and O–H groups in total. The lowest BCUT2D eigenvalue weighted by Gasteiger charge is -2.31. The molecule has 0 aromatic heterocycles. The molecular formula is C18H25F5O. The molecule has 0 aliphatic heterocycles. The third-order valence-electron chi connectivity index (χ3n) is 5.00. The predicted octanol–water partition coefficient (Wildman–Crippen LogP) is 6.06. The molecule has 2 aliphatic rings. The molecule has 2 aliphatic carbocycles. The van der Waals surface area contributed by atoms with E-state index in [-0.39, 0.29) is 6.42 Å². The van der Waals surface area contributed by atoms with Crippen LogP contribution in [0.1, 0.15) is 51.9 Å². The molecule has 0 bridgehead atoms. The van der Waals surface area contributed by atoms with E-state index in [4.69, 9.17) is 0 Å². The van der Waals surface area contributed by atoms with E-state index in [9.17, 15) is 22.0 Å². The second kappa shape index (κ2) is 7.98. The summed E-state index contributed by atoms with van der Waals surface area (Å²) in [5.41, 5.74) is 1.07. The van der Waals surface area contributed by atoms with Crippen molar-refractivity contribution in [3.8, 4) is 0 Å². The first-order valence-corrected chi connectivity index (χ1v) is 8.66. The summed E-state index contributed by atoms with van der Waals surface area (Å²) in [5.74, 6) is -3.62. The Morgan fingerprint density at radius 3 is 2.29 bits per heavy atom. The van der Waals surface area contributed by atoms with Gasteiger partial charge < -0.3 is 4.74 Å². The standard InChI is InChI=1S/C18H25F5O/c1-2-3-13-4-6-14(7-5-13)15-8-10-16(11-9-15)24-18(22,23)17(20,21)12-19/h8-10,13-14,16H,2-7,11-12H2,1H3. The molecule has 1 fully saturated rings. The zero-order chi connectivity index (χ0) is 17.8. The van der Waals surface area contributed by atoms with Crippen LogP contribution in [0.5, 0.6) is 0 Å². The van der Waals surface area contributed by atoms with Crippen molar-refractivity contribution in [1.82, 2.24) is 0 Å². The molecule has 1 unspecified atom stereocenters. The molecule has 0 amide bonds. The summed E-state index contributed by atoms with van der Waals surface area (Å²) in [6.45, 7) is -0.265. The van der Waals surface area contributed by atoms with E-state index in [1.54, 1.807) is 12.2 Å². The summed E-state index contributed by atoms with van der Waals surface area (Å²) in [4.78, 5) is 0. The van der Waals surface area contributed by atoms with Gasteiger partial charge in [0, 0.05) is 0 Å². The number of rotatable bonds is 7. The van der Waals surface area contributed by atoms with E-state index in [2.05, 4.69) is 11.7 Å². The minimum Gasteiger partial charge on any atom is -0.308 e. The number of halogens is 5. The van der Waals surface area contributed by atoms with Crippen LogP contribution in [0, 0.1) is 11.8 Å². The summed E-state index contributed by atoms with van der Waals surface area (Å²) in [6, 6.07) is 0. The van der Waals surface area contributed by atoms with Crippen LogP contribution in [-0.4, -0.2) is 24.8 Å². The molecule has 0 aromatic rings. The van der Waals surface area contributed by atoms with E-state index < -0.39 is 24.8 Å². The smallest absolute Gasteiger partial charge is 0.308 e. The van der Waals surface area contributed by atoms with Crippen molar-refractivity contribution < 1.29 is 26.7 Å². The lowest BCUT2D eigenvalue weighted by molar-refractivity contribution is -0.358. The van der Waals surface area contributed by atoms with Crippen molar-refractivity contribution in [2.75, 3.05) is 6.67 Å². The summed E-state index contributed by atoms with van der Waals surface area (Å²) in [5, 5.41) is 0. The minimum atomic E-state index is -4.81. The predicted molar refractivity (Wildman–Crippen MR) is 82.9 cm³/mol. The second-order valence-electron chi connectivity index (χ2n) is 6.82. The fourth-order valence-corrected chi connectivity index (χ4v) is 3.55. The molecule has 2 rings (SSSR count). The SMILES string of the molecule is CCCC1CCC(C2=CCC(OC(F)(F)C(F)(F)CF)C=C2)CC1. The van der Waals surface area contributed by atoms with Gasteiger partial charge in [0.05, 0.1) is 6.10 Å². The molecule has 1 saturated carbocycles. The molecule has 6 heteroatoms. The lowest BCUT2D eigenvalue weighted by Crippen LogP contribution is -2.46. The van der Waals surface area contributed by atoms with Gasteiger partial charge in [-0.05, 0) is 49.5 Å². The van der Waals surface area contributed by atoms with Crippen LogP contribution in [0.4, 0.5) is 22.0 Å². The monoisotopic (exact) mass is 352 g/mol. The van der Waals surface area contributed by atoms with Gasteiger partial charge in [0.15, 0.2) is 6.67 Å². The topological polar surface area (TPSA) is 9.23 Å². The second-order valence-corrected chi connectivity index (χ2v) is 6.82. The van der Waals surface area contributed by atoms with Crippen LogP contribution in [0.3, 0.4) is 0 Å². The maximum Gasteiger partial charge on any atom is 0.422 e. The minimum absolute atomic E-state index is 0.110. The van der Waals surface area contributed by atoms with Gasteiger partial charge in [-0.1, -0.05) is 38.0 Å². The molecule has 24 heavy (non-hydrogen) atoms. The highest BCUT2D eigenvalue weighted by molar-refractivity contribution is 5.27. The van der Waals surface area contributed by atoms with E-state index in [1.165, 1.54) is 31.8 Å². The lowest BCUT2D eigenvalue weighted by atomic mass is 9.76. The highest BCUT2D eigenvalue weighted by Gasteiger charge is 2.59. The van der Waals surface area contributed by atoms with E-state index in [0.717, 1.165) is 24.3 Å². The summed E-state index contributed by atoms with van der Waals surface area (Å²) in [7, 11) is 0. The average molecular weight is 352 g/mol. The van der Waals surface area contributed by atoms with Crippen molar-refractivity contribution >= 4 is 0 Å². The van der Waals surface area contributed by atoms with Crippen LogP contribution < -0.4 is 0 Å². The van der Waals surface area contributed by atoms with Crippen molar-refractivity contribution in [3.63, 3.8) is 0 Å². The first-order chi connectivity index (χ1) is 11.3. The summed E-state index contributed by atoms with van der Waals surface area (Å²) < 4.78 is 68.5. The van der Waals surface area contributed by atoms with Gasteiger partial charge in [0.2, 0.25) is 0 Å². The van der Waals surface area contributed by atoms with Crippen molar-refractivity contribution in [1.29, 1.82) is 0 Å². The van der Waals surface area contributed by atoms with Crippen molar-refractivity contribution in [2.45, 2.75) is 70.0 Å². The third-order valence-corrected chi connectivity index (χ3v) is 5.00. The third kappa shape index (κ3) is 4.58. The van der Waals surface area contributed by atoms with E-state index in [0.29, 0.717) is 5.92 Å². The van der Waals surface area contributed by atoms with E-state index in [1.807, 2.05) is 0 Å². The maximum atomic E-state index is 13.3. The number of hydrogen-bond donors (Lipinski definition) is 0. The van der Waals surface area contributed by atoms with Gasteiger partial charge in [-0.2, -0.15) is 17.6 Å². The van der Waals surface area contributed by atoms with Crippen LogP contribution in [-0.2, 0) is 4.74 Å². The van der Waals surface area contributed by atoms with Crippen molar-refractivity contribution in [3.05, 3.63) is 23.8 Å². The maximum absolute atomic E-state index is 13.3. The van der Waals surface area contributed by atoms with Gasteiger partial charge in [-0.3, -0.25) is 0 Å². The van der Waals surface area contributed by atoms with E-state index >= 15 is 0 Å². The molecule has 1 atom stereocenters. The van der Waals surface area contributed by atoms with Crippen LogP contribution >= 0.6 is 0 Å². The van der Waals surface area contributed by atoms with Gasteiger partial charge in [0.25, 0.3) is 0 Å². The molecule has 1 nitrogen and oxygen atoms in total. The summed E-state index contributed by atoms with van der Waals surface area (Å²) >= 11 is 0. The fraction of sp³-hybridized carbons (Fsp3) is 0.778. The Balaban J connectivity index is 1.86. The average Bonchev–Trinajstić information content (AvgIpc) is 2.56. The molecule has 0 radical (unpaired) electrons. The molecule has 0 saturated heterocycles. The first-order valence-electron chi connectivity index (χ1n) is 8.66. The Morgan fingerprint density at radius 2 is 1.79 bits per heavy atom. The number of hydrogen-bond acceptors (Lipinski definition) is 1.